The predicted molar refractivity (Wildman–Crippen MR) is 289 cm³/mol. The minimum absolute atomic E-state index is 0.0692. The van der Waals surface area contributed by atoms with E-state index in [9.17, 15) is 14.4 Å². The third-order valence-corrected chi connectivity index (χ3v) is 13.8. The number of ether oxygens (including phenoxy) is 3. The number of unbranched alkanes of at least 4 members (excludes halogenated alkanes) is 43. The number of carbonyl (C=O) groups is 3. The smallest absolute Gasteiger partial charge is 0.306 e. The van der Waals surface area contributed by atoms with Crippen LogP contribution >= 0.6 is 0 Å². The van der Waals surface area contributed by atoms with E-state index in [0.717, 1.165) is 64.2 Å². The van der Waals surface area contributed by atoms with Gasteiger partial charge in [-0.15, -0.1) is 0 Å². The maximum absolute atomic E-state index is 12.7. The molecule has 0 aromatic rings. The maximum atomic E-state index is 12.7. The summed E-state index contributed by atoms with van der Waals surface area (Å²) in [6.45, 7) is 6.58. The van der Waals surface area contributed by atoms with Crippen molar-refractivity contribution in [2.45, 2.75) is 348 Å². The Hall–Kier alpha value is -1.85. The Bertz CT molecular complexity index is 1040. The third kappa shape index (κ3) is 55.0. The molecule has 0 heterocycles. The fourth-order valence-electron chi connectivity index (χ4n) is 9.19. The van der Waals surface area contributed by atoms with Crippen molar-refractivity contribution in [2.24, 2.45) is 0 Å². The monoisotopic (exact) mass is 945 g/mol. The third-order valence-electron chi connectivity index (χ3n) is 13.8. The summed E-state index contributed by atoms with van der Waals surface area (Å²) in [5.74, 6) is -0.872. The lowest BCUT2D eigenvalue weighted by molar-refractivity contribution is -0.167. The fraction of sp³-hybridized carbons (Fsp3) is 0.918. The molecular weight excluding hydrogens is 829 g/mol. The van der Waals surface area contributed by atoms with Crippen molar-refractivity contribution in [1.29, 1.82) is 0 Å². The molecule has 0 aromatic carbocycles. The van der Waals surface area contributed by atoms with E-state index in [2.05, 4.69) is 32.9 Å². The van der Waals surface area contributed by atoms with Crippen molar-refractivity contribution >= 4 is 17.9 Å². The van der Waals surface area contributed by atoms with Gasteiger partial charge >= 0.3 is 17.9 Å². The van der Waals surface area contributed by atoms with Gasteiger partial charge in [-0.25, -0.2) is 0 Å². The molecule has 6 heteroatoms. The topological polar surface area (TPSA) is 78.9 Å². The Morgan fingerprint density at radius 3 is 0.791 bits per heavy atom. The number of carbonyl (C=O) groups excluding carboxylic acids is 3. The molecule has 0 radical (unpaired) electrons. The first kappa shape index (κ1) is 65.1. The summed E-state index contributed by atoms with van der Waals surface area (Å²) < 4.78 is 16.7. The summed E-state index contributed by atoms with van der Waals surface area (Å²) in [6, 6.07) is 0. The normalized spacial score (nSPS) is 12.0. The summed E-state index contributed by atoms with van der Waals surface area (Å²) in [5, 5.41) is 0. The fourth-order valence-corrected chi connectivity index (χ4v) is 9.19. The van der Waals surface area contributed by atoms with Crippen LogP contribution in [-0.4, -0.2) is 37.2 Å². The van der Waals surface area contributed by atoms with Crippen LogP contribution in [0.1, 0.15) is 342 Å². The highest BCUT2D eigenvalue weighted by atomic mass is 16.6. The molecule has 6 nitrogen and oxygen atoms in total. The molecule has 0 amide bonds. The number of hydrogen-bond donors (Lipinski definition) is 0. The van der Waals surface area contributed by atoms with Gasteiger partial charge in [0.2, 0.25) is 0 Å². The first-order chi connectivity index (χ1) is 33.0. The quantitative estimate of drug-likeness (QED) is 0.0262. The largest absolute Gasteiger partial charge is 0.462 e. The van der Waals surface area contributed by atoms with Gasteiger partial charge < -0.3 is 14.2 Å². The highest BCUT2D eigenvalue weighted by molar-refractivity contribution is 5.71. The van der Waals surface area contributed by atoms with Gasteiger partial charge in [0, 0.05) is 19.3 Å². The lowest BCUT2D eigenvalue weighted by Crippen LogP contribution is -2.30. The van der Waals surface area contributed by atoms with Gasteiger partial charge in [-0.05, 0) is 38.5 Å². The van der Waals surface area contributed by atoms with Crippen molar-refractivity contribution in [3.8, 4) is 0 Å². The van der Waals surface area contributed by atoms with Crippen LogP contribution in [0, 0.1) is 0 Å². The van der Waals surface area contributed by atoms with Crippen molar-refractivity contribution in [3.63, 3.8) is 0 Å². The zero-order valence-corrected chi connectivity index (χ0v) is 45.5. The van der Waals surface area contributed by atoms with Gasteiger partial charge in [0.1, 0.15) is 13.2 Å². The molecule has 0 aliphatic heterocycles. The molecular formula is C61H116O6. The molecule has 0 bridgehead atoms. The average molecular weight is 946 g/mol. The summed E-state index contributed by atoms with van der Waals surface area (Å²) in [7, 11) is 0. The SMILES string of the molecule is CCCC/C=C\CCCCCCCC(=O)OC(COC(=O)CCCCCCCC)COC(=O)CCCCCCCCCCCCCCCCCCCCCCCCCCCCCCCCCC. The molecule has 67 heavy (non-hydrogen) atoms. The van der Waals surface area contributed by atoms with Crippen LogP contribution in [0.3, 0.4) is 0 Å². The molecule has 0 saturated carbocycles. The number of allylic oxidation sites excluding steroid dienone is 2. The van der Waals surface area contributed by atoms with Crippen molar-refractivity contribution < 1.29 is 28.6 Å². The van der Waals surface area contributed by atoms with Crippen LogP contribution in [0.4, 0.5) is 0 Å². The van der Waals surface area contributed by atoms with Gasteiger partial charge in [-0.1, -0.05) is 296 Å². The predicted octanol–water partition coefficient (Wildman–Crippen LogP) is 20.1. The number of rotatable bonds is 56. The highest BCUT2D eigenvalue weighted by Crippen LogP contribution is 2.18. The van der Waals surface area contributed by atoms with E-state index in [4.69, 9.17) is 14.2 Å². The highest BCUT2D eigenvalue weighted by Gasteiger charge is 2.19. The molecule has 0 spiro atoms. The van der Waals surface area contributed by atoms with Crippen LogP contribution in [0.15, 0.2) is 12.2 Å². The average Bonchev–Trinajstić information content (AvgIpc) is 3.33. The van der Waals surface area contributed by atoms with Crippen molar-refractivity contribution in [1.82, 2.24) is 0 Å². The molecule has 0 rings (SSSR count). The maximum Gasteiger partial charge on any atom is 0.306 e. The van der Waals surface area contributed by atoms with Gasteiger partial charge in [0.25, 0.3) is 0 Å². The standard InChI is InChI=1S/C61H116O6/c1-4-7-10-13-16-18-20-21-22-23-24-25-26-27-28-29-30-31-32-33-34-35-36-37-38-39-40-42-43-45-48-51-54-60(63)66-57-58(56-65-59(62)53-50-47-15-12-9-6-3)67-61(64)55-52-49-46-44-41-19-17-14-11-8-5-2/h14,17,58H,4-13,15-16,18-57H2,1-3H3/b17-14-. The van der Waals surface area contributed by atoms with Gasteiger partial charge in [-0.2, -0.15) is 0 Å². The summed E-state index contributed by atoms with van der Waals surface area (Å²) >= 11 is 0. The zero-order valence-electron chi connectivity index (χ0n) is 45.5. The number of hydrogen-bond acceptors (Lipinski definition) is 6. The second-order valence-electron chi connectivity index (χ2n) is 20.6. The molecule has 396 valence electrons. The van der Waals surface area contributed by atoms with Crippen LogP contribution < -0.4 is 0 Å². The van der Waals surface area contributed by atoms with E-state index in [1.807, 2.05) is 0 Å². The minimum atomic E-state index is -0.766. The molecule has 0 fully saturated rings. The van der Waals surface area contributed by atoms with Crippen molar-refractivity contribution in [2.75, 3.05) is 13.2 Å². The van der Waals surface area contributed by atoms with E-state index in [1.54, 1.807) is 0 Å². The van der Waals surface area contributed by atoms with Crippen molar-refractivity contribution in [3.05, 3.63) is 12.2 Å². The first-order valence-electron chi connectivity index (χ1n) is 30.2. The zero-order chi connectivity index (χ0) is 48.6. The van der Waals surface area contributed by atoms with Crippen LogP contribution in [-0.2, 0) is 28.6 Å². The Kier molecular flexibility index (Phi) is 55.2. The minimum Gasteiger partial charge on any atom is -0.462 e. The lowest BCUT2D eigenvalue weighted by Gasteiger charge is -2.18. The Labute approximate surface area is 418 Å². The summed E-state index contributed by atoms with van der Waals surface area (Å²) in [5.41, 5.74) is 0. The number of esters is 3. The first-order valence-corrected chi connectivity index (χ1v) is 30.2. The molecule has 1 unspecified atom stereocenters. The van der Waals surface area contributed by atoms with Crippen LogP contribution in [0.25, 0.3) is 0 Å². The summed E-state index contributed by atoms with van der Waals surface area (Å²) in [4.78, 5) is 37.7. The molecule has 0 aromatic heterocycles. The van der Waals surface area contributed by atoms with E-state index in [1.165, 1.54) is 238 Å². The molecule has 0 aliphatic rings. The summed E-state index contributed by atoms with van der Waals surface area (Å²) in [6.07, 6.45) is 65.7. The molecule has 0 aliphatic carbocycles. The van der Waals surface area contributed by atoms with E-state index >= 15 is 0 Å². The van der Waals surface area contributed by atoms with Gasteiger partial charge in [0.15, 0.2) is 6.10 Å². The second kappa shape index (κ2) is 56.7. The molecule has 0 N–H and O–H groups in total. The van der Waals surface area contributed by atoms with Gasteiger partial charge in [0.05, 0.1) is 0 Å². The van der Waals surface area contributed by atoms with E-state index < -0.39 is 6.10 Å². The lowest BCUT2D eigenvalue weighted by atomic mass is 10.0. The van der Waals surface area contributed by atoms with E-state index in [-0.39, 0.29) is 31.1 Å². The van der Waals surface area contributed by atoms with Gasteiger partial charge in [-0.3, -0.25) is 14.4 Å². The molecule has 0 saturated heterocycles. The van der Waals surface area contributed by atoms with Crippen LogP contribution in [0.5, 0.6) is 0 Å². The second-order valence-corrected chi connectivity index (χ2v) is 20.6. The van der Waals surface area contributed by atoms with E-state index in [0.29, 0.717) is 19.3 Å². The Morgan fingerprint density at radius 2 is 0.507 bits per heavy atom. The van der Waals surface area contributed by atoms with Crippen LogP contribution in [0.2, 0.25) is 0 Å². The Balaban J connectivity index is 3.84. The molecule has 1 atom stereocenters. The Morgan fingerprint density at radius 1 is 0.284 bits per heavy atom.